The minimum Gasteiger partial charge on any atom is -0.497 e. The Morgan fingerprint density at radius 1 is 1.32 bits per heavy atom. The maximum Gasteiger partial charge on any atom is 0.410 e. The Morgan fingerprint density at radius 2 is 2.11 bits per heavy atom. The van der Waals surface area contributed by atoms with Gasteiger partial charge in [0, 0.05) is 12.1 Å². The first-order valence-electron chi connectivity index (χ1n) is 9.23. The number of ether oxygens (including phenoxy) is 2. The molecule has 2 aromatic rings. The Labute approximate surface area is 164 Å². The fourth-order valence-corrected chi connectivity index (χ4v) is 3.13. The number of carbonyl (C=O) groups is 1. The summed E-state index contributed by atoms with van der Waals surface area (Å²) in [5.74, 6) is 1.24. The van der Waals surface area contributed by atoms with Gasteiger partial charge in [0.15, 0.2) is 5.82 Å². The molecule has 0 saturated carbocycles. The zero-order chi connectivity index (χ0) is 20.3. The van der Waals surface area contributed by atoms with Gasteiger partial charge in [-0.1, -0.05) is 5.16 Å². The molecule has 8 heteroatoms. The lowest BCUT2D eigenvalue weighted by Gasteiger charge is -2.35. The number of carbonyl (C=O) groups excluding carboxylic acids is 1. The van der Waals surface area contributed by atoms with E-state index in [9.17, 15) is 10.1 Å². The van der Waals surface area contributed by atoms with Crippen molar-refractivity contribution >= 4 is 6.09 Å². The van der Waals surface area contributed by atoms with Gasteiger partial charge in [-0.25, -0.2) is 4.79 Å². The van der Waals surface area contributed by atoms with Gasteiger partial charge in [-0.2, -0.15) is 10.2 Å². The minimum atomic E-state index is -0.574. The molecule has 2 heterocycles. The fourth-order valence-electron chi connectivity index (χ4n) is 3.13. The van der Waals surface area contributed by atoms with Crippen LogP contribution in [-0.4, -0.2) is 40.4 Å². The monoisotopic (exact) mass is 384 g/mol. The number of hydrogen-bond acceptors (Lipinski definition) is 7. The van der Waals surface area contributed by atoms with Crippen molar-refractivity contribution in [2.75, 3.05) is 13.7 Å². The quantitative estimate of drug-likeness (QED) is 0.785. The van der Waals surface area contributed by atoms with Crippen LogP contribution in [0.3, 0.4) is 0 Å². The molecule has 8 nitrogen and oxygen atoms in total. The molecular weight excluding hydrogens is 360 g/mol. The van der Waals surface area contributed by atoms with Gasteiger partial charge in [-0.15, -0.1) is 0 Å². The van der Waals surface area contributed by atoms with Crippen LogP contribution in [0.25, 0.3) is 11.5 Å². The van der Waals surface area contributed by atoms with Crippen LogP contribution < -0.4 is 4.74 Å². The molecule has 28 heavy (non-hydrogen) atoms. The molecule has 0 radical (unpaired) electrons. The third-order valence-corrected chi connectivity index (χ3v) is 4.39. The maximum absolute atomic E-state index is 12.6. The van der Waals surface area contributed by atoms with E-state index in [-0.39, 0.29) is 18.0 Å². The van der Waals surface area contributed by atoms with Gasteiger partial charge in [-0.3, -0.25) is 4.90 Å². The van der Waals surface area contributed by atoms with Gasteiger partial charge in [0.1, 0.15) is 11.4 Å². The summed E-state index contributed by atoms with van der Waals surface area (Å²) >= 11 is 0. The third-order valence-electron chi connectivity index (χ3n) is 4.39. The lowest BCUT2D eigenvalue weighted by molar-refractivity contribution is 0.00821. The predicted molar refractivity (Wildman–Crippen MR) is 101 cm³/mol. The van der Waals surface area contributed by atoms with Crippen LogP contribution in [-0.2, 0) is 4.74 Å². The highest BCUT2D eigenvalue weighted by atomic mass is 16.6. The number of aromatic nitrogens is 2. The zero-order valence-electron chi connectivity index (χ0n) is 16.6. The van der Waals surface area contributed by atoms with E-state index in [0.29, 0.717) is 29.2 Å². The number of likely N-dealkylation sites (tertiary alicyclic amines) is 1. The molecule has 0 aliphatic carbocycles. The first kappa shape index (κ1) is 19.7. The van der Waals surface area contributed by atoms with Crippen LogP contribution in [0.15, 0.2) is 22.7 Å². The second kappa shape index (κ2) is 7.89. The van der Waals surface area contributed by atoms with Crippen LogP contribution in [0.1, 0.15) is 57.5 Å². The van der Waals surface area contributed by atoms with Crippen LogP contribution in [0, 0.1) is 11.3 Å². The molecule has 1 aromatic carbocycles. The number of hydrogen-bond donors (Lipinski definition) is 0. The molecule has 1 amide bonds. The summed E-state index contributed by atoms with van der Waals surface area (Å²) in [4.78, 5) is 18.8. The summed E-state index contributed by atoms with van der Waals surface area (Å²) in [6, 6.07) is 6.80. The first-order chi connectivity index (χ1) is 13.3. The first-order valence-corrected chi connectivity index (χ1v) is 9.23. The van der Waals surface area contributed by atoms with Gasteiger partial charge < -0.3 is 14.0 Å². The summed E-state index contributed by atoms with van der Waals surface area (Å²) in [6.07, 6.45) is 2.23. The molecule has 1 fully saturated rings. The molecule has 1 unspecified atom stereocenters. The van der Waals surface area contributed by atoms with Crippen LogP contribution >= 0.6 is 0 Å². The highest BCUT2D eigenvalue weighted by Gasteiger charge is 2.34. The molecule has 0 spiro atoms. The average molecular weight is 384 g/mol. The van der Waals surface area contributed by atoms with E-state index in [1.54, 1.807) is 23.1 Å². The van der Waals surface area contributed by atoms with Gasteiger partial charge in [0.25, 0.3) is 5.89 Å². The number of rotatable bonds is 3. The lowest BCUT2D eigenvalue weighted by atomic mass is 10.0. The molecule has 1 aromatic heterocycles. The molecule has 1 aliphatic rings. The standard InChI is InChI=1S/C20H24N4O4/c1-20(2,3)27-19(25)24-8-6-5-7-16(24)17-22-18(28-23-17)14-9-13(12-21)10-15(11-14)26-4/h9-11,16H,5-8H2,1-4H3. The van der Waals surface area contributed by atoms with Crippen molar-refractivity contribution in [1.82, 2.24) is 15.0 Å². The number of piperidine rings is 1. The van der Waals surface area contributed by atoms with E-state index in [4.69, 9.17) is 14.0 Å². The van der Waals surface area contributed by atoms with E-state index < -0.39 is 5.60 Å². The third kappa shape index (κ3) is 4.42. The van der Waals surface area contributed by atoms with E-state index >= 15 is 0 Å². The Balaban J connectivity index is 1.88. The van der Waals surface area contributed by atoms with E-state index in [1.165, 1.54) is 7.11 Å². The van der Waals surface area contributed by atoms with E-state index in [1.807, 2.05) is 20.8 Å². The van der Waals surface area contributed by atoms with Crippen molar-refractivity contribution < 1.29 is 18.8 Å². The minimum absolute atomic E-state index is 0.278. The van der Waals surface area contributed by atoms with E-state index in [0.717, 1.165) is 19.3 Å². The van der Waals surface area contributed by atoms with Gasteiger partial charge >= 0.3 is 6.09 Å². The smallest absolute Gasteiger partial charge is 0.410 e. The predicted octanol–water partition coefficient (Wildman–Crippen LogP) is 4.08. The Morgan fingerprint density at radius 3 is 2.79 bits per heavy atom. The molecule has 0 bridgehead atoms. The normalized spacial score (nSPS) is 17.1. The number of amides is 1. The average Bonchev–Trinajstić information content (AvgIpc) is 3.16. The molecule has 3 rings (SSSR count). The van der Waals surface area contributed by atoms with Crippen LogP contribution in [0.4, 0.5) is 4.79 Å². The van der Waals surface area contributed by atoms with Crippen molar-refractivity contribution in [3.05, 3.63) is 29.6 Å². The molecule has 1 atom stereocenters. The maximum atomic E-state index is 12.6. The Bertz CT molecular complexity index is 894. The Kier molecular flexibility index (Phi) is 5.54. The van der Waals surface area contributed by atoms with Crippen molar-refractivity contribution in [1.29, 1.82) is 5.26 Å². The lowest BCUT2D eigenvalue weighted by Crippen LogP contribution is -2.42. The molecule has 148 valence electrons. The topological polar surface area (TPSA) is 101 Å². The van der Waals surface area contributed by atoms with Crippen molar-refractivity contribution in [3.63, 3.8) is 0 Å². The van der Waals surface area contributed by atoms with Crippen molar-refractivity contribution in [2.45, 2.75) is 51.7 Å². The number of nitriles is 1. The summed E-state index contributed by atoms with van der Waals surface area (Å²) in [7, 11) is 1.53. The summed E-state index contributed by atoms with van der Waals surface area (Å²) < 4.78 is 16.2. The Hall–Kier alpha value is -3.08. The SMILES string of the molecule is COc1cc(C#N)cc(-c2nc(C3CCCCN3C(=O)OC(C)(C)C)no2)c1. The summed E-state index contributed by atoms with van der Waals surface area (Å²) in [6.45, 7) is 6.10. The largest absolute Gasteiger partial charge is 0.497 e. The number of nitrogens with zero attached hydrogens (tertiary/aromatic N) is 4. The fraction of sp³-hybridized carbons (Fsp3) is 0.500. The summed E-state index contributed by atoms with van der Waals surface area (Å²) in [5.41, 5.74) is 0.451. The molecule has 1 saturated heterocycles. The second-order valence-electron chi connectivity index (χ2n) is 7.71. The summed E-state index contributed by atoms with van der Waals surface area (Å²) in [5, 5.41) is 13.3. The second-order valence-corrected chi connectivity index (χ2v) is 7.71. The molecule has 1 aliphatic heterocycles. The van der Waals surface area contributed by atoms with Crippen molar-refractivity contribution in [3.8, 4) is 23.3 Å². The number of methoxy groups -OCH3 is 1. The van der Waals surface area contributed by atoms with Crippen molar-refractivity contribution in [2.24, 2.45) is 0 Å². The highest BCUT2D eigenvalue weighted by Crippen LogP contribution is 2.32. The van der Waals surface area contributed by atoms with E-state index in [2.05, 4.69) is 16.2 Å². The van der Waals surface area contributed by atoms with Crippen LogP contribution in [0.2, 0.25) is 0 Å². The number of benzene rings is 1. The highest BCUT2D eigenvalue weighted by molar-refractivity contribution is 5.69. The van der Waals surface area contributed by atoms with Gasteiger partial charge in [-0.05, 0) is 58.2 Å². The van der Waals surface area contributed by atoms with Crippen LogP contribution in [0.5, 0.6) is 5.75 Å². The molecular formula is C20H24N4O4. The zero-order valence-corrected chi connectivity index (χ0v) is 16.6. The van der Waals surface area contributed by atoms with Gasteiger partial charge in [0.2, 0.25) is 0 Å². The molecule has 0 N–H and O–H groups in total. The van der Waals surface area contributed by atoms with Gasteiger partial charge in [0.05, 0.1) is 24.8 Å².